The molecule has 1 atom stereocenters. The molecule has 0 aliphatic heterocycles. The number of nitrogens with one attached hydrogen (secondary N) is 1. The third-order valence-electron chi connectivity index (χ3n) is 3.66. The van der Waals surface area contributed by atoms with E-state index in [1.807, 2.05) is 20.9 Å². The molecule has 2 aromatic heterocycles. The first kappa shape index (κ1) is 16.2. The molecule has 0 radical (unpaired) electrons. The molecule has 7 heteroatoms. The fourth-order valence-electron chi connectivity index (χ4n) is 2.28. The van der Waals surface area contributed by atoms with Crippen LogP contribution in [0.4, 0.5) is 0 Å². The molecule has 120 valence electrons. The summed E-state index contributed by atoms with van der Waals surface area (Å²) in [5, 5.41) is 21.4. The Labute approximate surface area is 129 Å². The highest BCUT2D eigenvalue weighted by Gasteiger charge is 2.26. The van der Waals surface area contributed by atoms with Crippen LogP contribution in [-0.4, -0.2) is 37.1 Å². The lowest BCUT2D eigenvalue weighted by atomic mass is 10.00. The van der Waals surface area contributed by atoms with E-state index < -0.39 is 5.60 Å². The van der Waals surface area contributed by atoms with Crippen LogP contribution in [0.25, 0.3) is 0 Å². The number of aliphatic hydroxyl groups is 1. The monoisotopic (exact) mass is 305 g/mol. The van der Waals surface area contributed by atoms with Crippen LogP contribution >= 0.6 is 0 Å². The topological polar surface area (TPSA) is 85.0 Å². The Hall–Kier alpha value is -2.15. The number of nitrogens with zero attached hydrogens (tertiary/aromatic N) is 4. The number of hydrogen-bond acceptors (Lipinski definition) is 4. The van der Waals surface area contributed by atoms with Crippen molar-refractivity contribution in [3.05, 3.63) is 35.4 Å². The highest BCUT2D eigenvalue weighted by atomic mass is 16.3. The van der Waals surface area contributed by atoms with Crippen LogP contribution in [0.5, 0.6) is 0 Å². The maximum absolute atomic E-state index is 12.2. The lowest BCUT2D eigenvalue weighted by Gasteiger charge is -2.21. The summed E-state index contributed by atoms with van der Waals surface area (Å²) in [6.07, 6.45) is 3.31. The van der Waals surface area contributed by atoms with Gasteiger partial charge in [0.25, 0.3) is 5.91 Å². The average Bonchev–Trinajstić information content (AvgIpc) is 3.02. The number of amides is 1. The van der Waals surface area contributed by atoms with Crippen LogP contribution in [0.1, 0.15) is 48.4 Å². The fraction of sp³-hybridized carbons (Fsp3) is 0.533. The molecular weight excluding hydrogens is 282 g/mol. The predicted molar refractivity (Wildman–Crippen MR) is 82.4 cm³/mol. The molecule has 0 aliphatic carbocycles. The van der Waals surface area contributed by atoms with Gasteiger partial charge in [-0.3, -0.25) is 14.2 Å². The number of aromatic nitrogens is 4. The molecule has 0 fully saturated rings. The van der Waals surface area contributed by atoms with E-state index in [9.17, 15) is 9.90 Å². The Morgan fingerprint density at radius 2 is 2.14 bits per heavy atom. The Bertz CT molecular complexity index is 669. The van der Waals surface area contributed by atoms with E-state index in [-0.39, 0.29) is 18.4 Å². The van der Waals surface area contributed by atoms with Crippen LogP contribution in [-0.2, 0) is 19.7 Å². The molecule has 7 nitrogen and oxygen atoms in total. The summed E-state index contributed by atoms with van der Waals surface area (Å²) in [6.45, 7) is 5.82. The van der Waals surface area contributed by atoms with Crippen LogP contribution in [0.15, 0.2) is 18.5 Å². The van der Waals surface area contributed by atoms with Gasteiger partial charge in [0.2, 0.25) is 0 Å². The molecule has 0 bridgehead atoms. The van der Waals surface area contributed by atoms with Crippen molar-refractivity contribution < 1.29 is 9.90 Å². The number of carbonyl (C=O) groups is 1. The SMILES string of the molecule is CC(C)c1cc(C(=O)NCC(C)(O)c2cnn(C)c2)nn1C. The average molecular weight is 305 g/mol. The third-order valence-corrected chi connectivity index (χ3v) is 3.66. The minimum atomic E-state index is -1.18. The largest absolute Gasteiger partial charge is 0.383 e. The summed E-state index contributed by atoms with van der Waals surface area (Å²) in [4.78, 5) is 12.2. The maximum Gasteiger partial charge on any atom is 0.271 e. The van der Waals surface area contributed by atoms with Crippen molar-refractivity contribution in [2.45, 2.75) is 32.3 Å². The van der Waals surface area contributed by atoms with E-state index in [0.29, 0.717) is 11.3 Å². The van der Waals surface area contributed by atoms with Crippen molar-refractivity contribution in [3.63, 3.8) is 0 Å². The summed E-state index contributed by atoms with van der Waals surface area (Å²) < 4.78 is 3.32. The molecule has 22 heavy (non-hydrogen) atoms. The van der Waals surface area contributed by atoms with Crippen molar-refractivity contribution in [2.24, 2.45) is 14.1 Å². The van der Waals surface area contributed by atoms with Gasteiger partial charge in [0.05, 0.1) is 12.7 Å². The summed E-state index contributed by atoms with van der Waals surface area (Å²) in [5.74, 6) is -0.00999. The van der Waals surface area contributed by atoms with Gasteiger partial charge in [-0.25, -0.2) is 0 Å². The Morgan fingerprint density at radius 1 is 1.45 bits per heavy atom. The zero-order valence-corrected chi connectivity index (χ0v) is 13.7. The van der Waals surface area contributed by atoms with E-state index in [0.717, 1.165) is 5.69 Å². The second-order valence-electron chi connectivity index (χ2n) is 6.09. The van der Waals surface area contributed by atoms with Gasteiger partial charge in [-0.05, 0) is 18.9 Å². The normalized spacial score (nSPS) is 14.1. The van der Waals surface area contributed by atoms with Gasteiger partial charge in [0.1, 0.15) is 11.3 Å². The van der Waals surface area contributed by atoms with E-state index in [4.69, 9.17) is 0 Å². The maximum atomic E-state index is 12.2. The molecule has 2 rings (SSSR count). The number of rotatable bonds is 5. The summed E-state index contributed by atoms with van der Waals surface area (Å²) in [7, 11) is 3.59. The lowest BCUT2D eigenvalue weighted by Crippen LogP contribution is -2.38. The minimum absolute atomic E-state index is 0.0884. The van der Waals surface area contributed by atoms with Crippen LogP contribution < -0.4 is 5.32 Å². The quantitative estimate of drug-likeness (QED) is 0.860. The van der Waals surface area contributed by atoms with Gasteiger partial charge in [0.15, 0.2) is 0 Å². The summed E-state index contributed by atoms with van der Waals surface area (Å²) in [6, 6.07) is 1.78. The molecule has 1 amide bonds. The van der Waals surface area contributed by atoms with Gasteiger partial charge in [0, 0.05) is 31.5 Å². The van der Waals surface area contributed by atoms with E-state index in [1.165, 1.54) is 0 Å². The standard InChI is InChI=1S/C15H23N5O2/c1-10(2)13-6-12(18-20(13)5)14(21)16-9-15(3,22)11-7-17-19(4)8-11/h6-8,10,22H,9H2,1-5H3,(H,16,21). The van der Waals surface area contributed by atoms with Crippen molar-refractivity contribution in [2.75, 3.05) is 6.54 Å². The van der Waals surface area contributed by atoms with Gasteiger partial charge >= 0.3 is 0 Å². The number of aryl methyl sites for hydroxylation is 2. The van der Waals surface area contributed by atoms with E-state index in [2.05, 4.69) is 15.5 Å². The molecule has 1 unspecified atom stereocenters. The molecule has 0 aliphatic rings. The number of carbonyl (C=O) groups excluding carboxylic acids is 1. The first-order valence-corrected chi connectivity index (χ1v) is 7.24. The highest BCUT2D eigenvalue weighted by Crippen LogP contribution is 2.19. The third kappa shape index (κ3) is 3.36. The van der Waals surface area contributed by atoms with Crippen molar-refractivity contribution in [1.29, 1.82) is 0 Å². The van der Waals surface area contributed by atoms with Gasteiger partial charge in [-0.2, -0.15) is 10.2 Å². The van der Waals surface area contributed by atoms with Crippen molar-refractivity contribution in [1.82, 2.24) is 24.9 Å². The Kier molecular flexibility index (Phi) is 4.37. The first-order valence-electron chi connectivity index (χ1n) is 7.24. The predicted octanol–water partition coefficient (Wildman–Crippen LogP) is 0.914. The van der Waals surface area contributed by atoms with Crippen LogP contribution in [0.2, 0.25) is 0 Å². The molecule has 2 heterocycles. The van der Waals surface area contributed by atoms with Crippen molar-refractivity contribution >= 4 is 5.91 Å². The molecule has 0 saturated carbocycles. The smallest absolute Gasteiger partial charge is 0.271 e. The second-order valence-corrected chi connectivity index (χ2v) is 6.09. The minimum Gasteiger partial charge on any atom is -0.383 e. The van der Waals surface area contributed by atoms with Crippen LogP contribution in [0.3, 0.4) is 0 Å². The highest BCUT2D eigenvalue weighted by molar-refractivity contribution is 5.92. The van der Waals surface area contributed by atoms with E-state index in [1.54, 1.807) is 41.8 Å². The lowest BCUT2D eigenvalue weighted by molar-refractivity contribution is 0.0524. The zero-order chi connectivity index (χ0) is 16.5. The van der Waals surface area contributed by atoms with Crippen LogP contribution in [0, 0.1) is 0 Å². The molecule has 2 N–H and O–H groups in total. The zero-order valence-electron chi connectivity index (χ0n) is 13.7. The molecular formula is C15H23N5O2. The van der Waals surface area contributed by atoms with Gasteiger partial charge in [-0.15, -0.1) is 0 Å². The summed E-state index contributed by atoms with van der Waals surface area (Å²) in [5.41, 5.74) is 0.816. The molecule has 0 spiro atoms. The fourth-order valence-corrected chi connectivity index (χ4v) is 2.28. The molecule has 0 saturated heterocycles. The van der Waals surface area contributed by atoms with Gasteiger partial charge < -0.3 is 10.4 Å². The van der Waals surface area contributed by atoms with E-state index >= 15 is 0 Å². The second kappa shape index (κ2) is 5.92. The number of hydrogen-bond donors (Lipinski definition) is 2. The van der Waals surface area contributed by atoms with Crippen molar-refractivity contribution in [3.8, 4) is 0 Å². The first-order chi connectivity index (χ1) is 10.2. The Balaban J connectivity index is 2.05. The Morgan fingerprint density at radius 3 is 2.64 bits per heavy atom. The summed E-state index contributed by atoms with van der Waals surface area (Å²) >= 11 is 0. The van der Waals surface area contributed by atoms with Gasteiger partial charge in [-0.1, -0.05) is 13.8 Å². The molecule has 2 aromatic rings. The molecule has 0 aromatic carbocycles.